The molecule has 1 heterocycles. The Balaban J connectivity index is 2.10. The lowest BCUT2D eigenvalue weighted by Crippen LogP contribution is -2.40. The predicted octanol–water partition coefficient (Wildman–Crippen LogP) is 4.97. The quantitative estimate of drug-likeness (QED) is 0.390. The topological polar surface area (TPSA) is 92.4 Å². The molecular formula is C27H34N4O3. The van der Waals surface area contributed by atoms with Crippen LogP contribution < -0.4 is 20.7 Å². The van der Waals surface area contributed by atoms with Crippen molar-refractivity contribution in [2.45, 2.75) is 52.5 Å². The number of unbranched alkanes of at least 4 members (excludes halogenated alkanes) is 1. The molecule has 0 aliphatic carbocycles. The zero-order valence-electron chi connectivity index (χ0n) is 20.6. The standard InChI is InChI=1S/C27H34N4O3/c1-6-7-13-28-24(32)15-18-14-20-22(16-23(18)34-5)29-17-21(26(33)31-27(2,3)4)25(20)30-19-11-9-8-10-12-19/h8-12,14,16-17H,6-7,13,15H2,1-5H3,(H,28,32)(H,29,30)(H,31,33). The molecule has 2 aromatic carbocycles. The third kappa shape index (κ3) is 6.47. The minimum absolute atomic E-state index is 0.0711. The van der Waals surface area contributed by atoms with Gasteiger partial charge in [-0.05, 0) is 45.4 Å². The first kappa shape index (κ1) is 25.0. The van der Waals surface area contributed by atoms with Gasteiger partial charge in [0.05, 0.1) is 30.3 Å². The molecule has 0 saturated heterocycles. The van der Waals surface area contributed by atoms with Gasteiger partial charge in [0.25, 0.3) is 5.91 Å². The van der Waals surface area contributed by atoms with Gasteiger partial charge in [-0.1, -0.05) is 31.5 Å². The van der Waals surface area contributed by atoms with E-state index in [1.54, 1.807) is 13.3 Å². The minimum atomic E-state index is -0.405. The van der Waals surface area contributed by atoms with Crippen molar-refractivity contribution < 1.29 is 14.3 Å². The Kier molecular flexibility index (Phi) is 8.10. The molecular weight excluding hydrogens is 428 g/mol. The van der Waals surface area contributed by atoms with Crippen molar-refractivity contribution in [1.29, 1.82) is 0 Å². The molecule has 0 aliphatic heterocycles. The molecule has 2 amide bonds. The number of hydrogen-bond donors (Lipinski definition) is 3. The van der Waals surface area contributed by atoms with Crippen molar-refractivity contribution in [2.75, 3.05) is 19.0 Å². The second-order valence-electron chi connectivity index (χ2n) is 9.30. The number of para-hydroxylation sites is 1. The number of anilines is 2. The van der Waals surface area contributed by atoms with E-state index in [-0.39, 0.29) is 18.2 Å². The summed E-state index contributed by atoms with van der Waals surface area (Å²) in [5, 5.41) is 10.1. The number of nitrogens with one attached hydrogen (secondary N) is 3. The van der Waals surface area contributed by atoms with Crippen LogP contribution in [0.3, 0.4) is 0 Å². The van der Waals surface area contributed by atoms with Crippen molar-refractivity contribution in [3.8, 4) is 5.75 Å². The number of amides is 2. The van der Waals surface area contributed by atoms with Gasteiger partial charge in [-0.25, -0.2) is 0 Å². The number of carbonyl (C=O) groups excluding carboxylic acids is 2. The van der Waals surface area contributed by atoms with Crippen molar-refractivity contribution in [3.63, 3.8) is 0 Å². The number of benzene rings is 2. The Morgan fingerprint density at radius 2 is 1.82 bits per heavy atom. The number of aromatic nitrogens is 1. The van der Waals surface area contributed by atoms with Crippen molar-refractivity contribution in [1.82, 2.24) is 15.6 Å². The average molecular weight is 463 g/mol. The van der Waals surface area contributed by atoms with Gasteiger partial charge in [0.15, 0.2) is 0 Å². The molecule has 0 radical (unpaired) electrons. The molecule has 0 bridgehead atoms. The van der Waals surface area contributed by atoms with Crippen LogP contribution in [0.25, 0.3) is 10.9 Å². The largest absolute Gasteiger partial charge is 0.496 e. The normalized spacial score (nSPS) is 11.2. The number of rotatable bonds is 9. The molecule has 0 aliphatic rings. The first-order chi connectivity index (χ1) is 16.2. The zero-order chi connectivity index (χ0) is 24.7. The van der Waals surface area contributed by atoms with Crippen molar-refractivity contribution in [3.05, 3.63) is 59.8 Å². The van der Waals surface area contributed by atoms with E-state index in [1.807, 2.05) is 63.2 Å². The maximum absolute atomic E-state index is 13.2. The second kappa shape index (κ2) is 11.0. The number of pyridine rings is 1. The summed E-state index contributed by atoms with van der Waals surface area (Å²) in [6, 6.07) is 13.4. The van der Waals surface area contributed by atoms with Gasteiger partial charge in [0, 0.05) is 41.0 Å². The smallest absolute Gasteiger partial charge is 0.255 e. The van der Waals surface area contributed by atoms with Crippen LogP contribution >= 0.6 is 0 Å². The molecule has 34 heavy (non-hydrogen) atoms. The molecule has 0 atom stereocenters. The number of nitrogens with zero attached hydrogens (tertiary/aromatic N) is 1. The van der Waals surface area contributed by atoms with Gasteiger partial charge >= 0.3 is 0 Å². The van der Waals surface area contributed by atoms with E-state index >= 15 is 0 Å². The molecule has 0 spiro atoms. The Labute approximate surface area is 201 Å². The zero-order valence-corrected chi connectivity index (χ0v) is 20.6. The molecule has 3 rings (SSSR count). The van der Waals surface area contributed by atoms with Gasteiger partial charge in [-0.3, -0.25) is 14.6 Å². The third-order valence-corrected chi connectivity index (χ3v) is 5.25. The SMILES string of the molecule is CCCCNC(=O)Cc1cc2c(Nc3ccccc3)c(C(=O)NC(C)(C)C)cnc2cc1OC. The van der Waals surface area contributed by atoms with Crippen LogP contribution in [0.5, 0.6) is 5.75 Å². The van der Waals surface area contributed by atoms with Crippen LogP contribution in [-0.2, 0) is 11.2 Å². The van der Waals surface area contributed by atoms with E-state index in [1.165, 1.54) is 0 Å². The van der Waals surface area contributed by atoms with Gasteiger partial charge in [-0.2, -0.15) is 0 Å². The van der Waals surface area contributed by atoms with Gasteiger partial charge < -0.3 is 20.7 Å². The van der Waals surface area contributed by atoms with Gasteiger partial charge in [0.2, 0.25) is 5.91 Å². The lowest BCUT2D eigenvalue weighted by molar-refractivity contribution is -0.120. The molecule has 0 unspecified atom stereocenters. The number of hydrogen-bond acceptors (Lipinski definition) is 5. The fourth-order valence-corrected chi connectivity index (χ4v) is 3.61. The third-order valence-electron chi connectivity index (χ3n) is 5.25. The number of fused-ring (bicyclic) bond motifs is 1. The van der Waals surface area contributed by atoms with Crippen LogP contribution in [-0.4, -0.2) is 36.0 Å². The molecule has 7 nitrogen and oxygen atoms in total. The van der Waals surface area contributed by atoms with Gasteiger partial charge in [0.1, 0.15) is 5.75 Å². The summed E-state index contributed by atoms with van der Waals surface area (Å²) in [4.78, 5) is 30.2. The number of methoxy groups -OCH3 is 1. The van der Waals surface area contributed by atoms with Crippen LogP contribution in [0.2, 0.25) is 0 Å². The highest BCUT2D eigenvalue weighted by molar-refractivity contribution is 6.08. The number of carbonyl (C=O) groups is 2. The summed E-state index contributed by atoms with van der Waals surface area (Å²) in [6.45, 7) is 8.53. The first-order valence-electron chi connectivity index (χ1n) is 11.6. The van der Waals surface area contributed by atoms with Crippen LogP contribution in [0.1, 0.15) is 56.5 Å². The predicted molar refractivity (Wildman–Crippen MR) is 137 cm³/mol. The van der Waals surface area contributed by atoms with E-state index in [0.29, 0.717) is 29.1 Å². The van der Waals surface area contributed by atoms with E-state index in [9.17, 15) is 9.59 Å². The Bertz CT molecular complexity index is 1150. The van der Waals surface area contributed by atoms with E-state index < -0.39 is 5.54 Å². The monoisotopic (exact) mass is 462 g/mol. The average Bonchev–Trinajstić information content (AvgIpc) is 2.78. The lowest BCUT2D eigenvalue weighted by atomic mass is 10.0. The highest BCUT2D eigenvalue weighted by Crippen LogP contribution is 2.34. The first-order valence-corrected chi connectivity index (χ1v) is 11.6. The van der Waals surface area contributed by atoms with Crippen LogP contribution in [0.4, 0.5) is 11.4 Å². The molecule has 0 fully saturated rings. The summed E-state index contributed by atoms with van der Waals surface area (Å²) in [5.74, 6) is 0.288. The minimum Gasteiger partial charge on any atom is -0.496 e. The van der Waals surface area contributed by atoms with Crippen LogP contribution in [0.15, 0.2) is 48.7 Å². The fourth-order valence-electron chi connectivity index (χ4n) is 3.61. The Hall–Kier alpha value is -3.61. The summed E-state index contributed by atoms with van der Waals surface area (Å²) < 4.78 is 5.56. The van der Waals surface area contributed by atoms with E-state index in [4.69, 9.17) is 4.74 Å². The molecule has 3 aromatic rings. The summed E-state index contributed by atoms with van der Waals surface area (Å²) in [5.41, 5.74) is 2.89. The maximum Gasteiger partial charge on any atom is 0.255 e. The molecule has 7 heteroatoms. The fraction of sp³-hybridized carbons (Fsp3) is 0.370. The molecule has 1 aromatic heterocycles. The Morgan fingerprint density at radius 3 is 2.47 bits per heavy atom. The highest BCUT2D eigenvalue weighted by atomic mass is 16.5. The molecule has 0 saturated carbocycles. The summed E-state index contributed by atoms with van der Waals surface area (Å²) in [7, 11) is 1.58. The second-order valence-corrected chi connectivity index (χ2v) is 9.30. The van der Waals surface area contributed by atoms with Crippen molar-refractivity contribution in [2.24, 2.45) is 0 Å². The molecule has 180 valence electrons. The number of ether oxygens (including phenoxy) is 1. The Morgan fingerprint density at radius 1 is 1.09 bits per heavy atom. The van der Waals surface area contributed by atoms with Crippen molar-refractivity contribution >= 4 is 34.1 Å². The summed E-state index contributed by atoms with van der Waals surface area (Å²) in [6.07, 6.45) is 3.69. The van der Waals surface area contributed by atoms with E-state index in [2.05, 4.69) is 27.9 Å². The van der Waals surface area contributed by atoms with Gasteiger partial charge in [-0.15, -0.1) is 0 Å². The molecule has 3 N–H and O–H groups in total. The highest BCUT2D eigenvalue weighted by Gasteiger charge is 2.22. The lowest BCUT2D eigenvalue weighted by Gasteiger charge is -2.22. The summed E-state index contributed by atoms with van der Waals surface area (Å²) >= 11 is 0. The van der Waals surface area contributed by atoms with E-state index in [0.717, 1.165) is 29.5 Å². The van der Waals surface area contributed by atoms with Crippen LogP contribution in [0, 0.1) is 0 Å². The maximum atomic E-state index is 13.2.